The number of aryl methyl sites for hydroxylation is 1. The van der Waals surface area contributed by atoms with Crippen LogP contribution in [0.1, 0.15) is 29.5 Å². The summed E-state index contributed by atoms with van der Waals surface area (Å²) >= 11 is 21.5. The monoisotopic (exact) mass is 538 g/mol. The molecule has 6 heteroatoms. The third-order valence-corrected chi connectivity index (χ3v) is 8.50. The van der Waals surface area contributed by atoms with Crippen LogP contribution in [0.25, 0.3) is 15.8 Å². The van der Waals surface area contributed by atoms with Crippen LogP contribution in [-0.2, 0) is 0 Å². The molecular formula is C29H25Cl3N2S. The first-order valence-electron chi connectivity index (χ1n) is 11.3. The SMILES string of the molecule is C=C(Nc1ccc2sccc2c1)c1cc(NC(=C)C2C(c3cc(C)cc(Cl)c3)C2(C)Cl)ccc1Cl. The third-order valence-electron chi connectivity index (χ3n) is 6.58. The van der Waals surface area contributed by atoms with Gasteiger partial charge in [-0.25, -0.2) is 0 Å². The minimum atomic E-state index is -0.429. The number of allylic oxidation sites excluding steroid dienone is 1. The molecule has 2 N–H and O–H groups in total. The maximum Gasteiger partial charge on any atom is 0.0582 e. The minimum absolute atomic E-state index is 0.0693. The van der Waals surface area contributed by atoms with Crippen LogP contribution in [0.4, 0.5) is 11.4 Å². The van der Waals surface area contributed by atoms with Crippen molar-refractivity contribution in [1.29, 1.82) is 0 Å². The second-order valence-electron chi connectivity index (χ2n) is 9.29. The number of thiophene rings is 1. The highest BCUT2D eigenvalue weighted by atomic mass is 35.5. The Labute approximate surface area is 225 Å². The molecule has 0 amide bonds. The van der Waals surface area contributed by atoms with Gasteiger partial charge in [-0.2, -0.15) is 0 Å². The first-order valence-corrected chi connectivity index (χ1v) is 13.3. The summed E-state index contributed by atoms with van der Waals surface area (Å²) < 4.78 is 1.25. The fourth-order valence-electron chi connectivity index (χ4n) is 4.87. The zero-order valence-corrected chi connectivity index (χ0v) is 22.5. The van der Waals surface area contributed by atoms with E-state index in [1.807, 2.05) is 43.3 Å². The van der Waals surface area contributed by atoms with E-state index in [2.05, 4.69) is 60.4 Å². The van der Waals surface area contributed by atoms with Crippen LogP contribution >= 0.6 is 46.1 Å². The molecule has 1 fully saturated rings. The number of rotatable bonds is 7. The van der Waals surface area contributed by atoms with Crippen molar-refractivity contribution in [3.8, 4) is 0 Å². The molecule has 3 atom stereocenters. The number of nitrogens with one attached hydrogen (secondary N) is 2. The molecule has 1 heterocycles. The van der Waals surface area contributed by atoms with E-state index < -0.39 is 4.87 Å². The predicted molar refractivity (Wildman–Crippen MR) is 155 cm³/mol. The quantitative estimate of drug-likeness (QED) is 0.228. The predicted octanol–water partition coefficient (Wildman–Crippen LogP) is 9.94. The van der Waals surface area contributed by atoms with Gasteiger partial charge in [0.1, 0.15) is 0 Å². The maximum atomic E-state index is 6.92. The van der Waals surface area contributed by atoms with Crippen molar-refractivity contribution in [2.24, 2.45) is 5.92 Å². The van der Waals surface area contributed by atoms with E-state index in [4.69, 9.17) is 34.8 Å². The van der Waals surface area contributed by atoms with E-state index in [1.165, 1.54) is 10.1 Å². The number of fused-ring (bicyclic) bond motifs is 1. The molecule has 0 bridgehead atoms. The number of benzene rings is 3. The van der Waals surface area contributed by atoms with Crippen molar-refractivity contribution < 1.29 is 0 Å². The fraction of sp³-hybridized carbons (Fsp3) is 0.172. The highest BCUT2D eigenvalue weighted by molar-refractivity contribution is 7.17. The highest BCUT2D eigenvalue weighted by Crippen LogP contribution is 2.64. The molecule has 2 nitrogen and oxygen atoms in total. The largest absolute Gasteiger partial charge is 0.359 e. The summed E-state index contributed by atoms with van der Waals surface area (Å²) in [5, 5.41) is 11.5. The Morgan fingerprint density at radius 1 is 0.943 bits per heavy atom. The first kappa shape index (κ1) is 24.3. The molecule has 178 valence electrons. The Balaban J connectivity index is 1.33. The highest BCUT2D eigenvalue weighted by Gasteiger charge is 2.62. The lowest BCUT2D eigenvalue weighted by Crippen LogP contribution is -2.06. The zero-order valence-electron chi connectivity index (χ0n) is 19.5. The van der Waals surface area contributed by atoms with Crippen LogP contribution < -0.4 is 10.6 Å². The molecule has 3 aromatic carbocycles. The summed E-state index contributed by atoms with van der Waals surface area (Å²) in [5.41, 5.74) is 6.51. The second kappa shape index (κ2) is 9.22. The van der Waals surface area contributed by atoms with Crippen LogP contribution in [0.2, 0.25) is 10.0 Å². The lowest BCUT2D eigenvalue weighted by atomic mass is 10.0. The van der Waals surface area contributed by atoms with E-state index >= 15 is 0 Å². The standard InChI is InChI=1S/C29H25Cl3N2S/c1-16-11-20(13-21(30)12-16)28-27(29(28,4)32)18(3)34-23-5-7-25(31)24(15-23)17(2)33-22-6-8-26-19(14-22)9-10-35-26/h5-15,27-28,33-34H,2-3H2,1,4H3. The topological polar surface area (TPSA) is 24.1 Å². The molecular weight excluding hydrogens is 515 g/mol. The van der Waals surface area contributed by atoms with Crippen LogP contribution in [0.15, 0.2) is 84.9 Å². The number of alkyl halides is 1. The van der Waals surface area contributed by atoms with Crippen molar-refractivity contribution in [1.82, 2.24) is 0 Å². The Kier molecular flexibility index (Phi) is 6.39. The van der Waals surface area contributed by atoms with Gasteiger partial charge in [0.15, 0.2) is 0 Å². The Morgan fingerprint density at radius 2 is 1.69 bits per heavy atom. The molecule has 1 saturated carbocycles. The molecule has 0 saturated heterocycles. The van der Waals surface area contributed by atoms with E-state index in [1.54, 1.807) is 11.3 Å². The smallest absolute Gasteiger partial charge is 0.0582 e. The van der Waals surface area contributed by atoms with E-state index in [9.17, 15) is 0 Å². The number of halogens is 3. The van der Waals surface area contributed by atoms with Crippen molar-refractivity contribution in [2.75, 3.05) is 10.6 Å². The fourth-order valence-corrected chi connectivity index (χ4v) is 6.62. The van der Waals surface area contributed by atoms with Gasteiger partial charge in [0.25, 0.3) is 0 Å². The van der Waals surface area contributed by atoms with E-state index in [0.29, 0.717) is 5.02 Å². The van der Waals surface area contributed by atoms with Crippen LogP contribution in [0.5, 0.6) is 0 Å². The van der Waals surface area contributed by atoms with Crippen LogP contribution in [0, 0.1) is 12.8 Å². The van der Waals surface area contributed by atoms with Gasteiger partial charge in [0.05, 0.1) is 9.90 Å². The van der Waals surface area contributed by atoms with Gasteiger partial charge in [-0.05, 0) is 90.3 Å². The average molecular weight is 540 g/mol. The molecule has 1 aliphatic carbocycles. The number of hydrogen-bond acceptors (Lipinski definition) is 3. The van der Waals surface area contributed by atoms with Crippen molar-refractivity contribution >= 4 is 73.3 Å². The summed E-state index contributed by atoms with van der Waals surface area (Å²) in [6, 6.07) is 20.3. The Bertz CT molecular complexity index is 1450. The molecule has 35 heavy (non-hydrogen) atoms. The van der Waals surface area contributed by atoms with E-state index in [-0.39, 0.29) is 11.8 Å². The van der Waals surface area contributed by atoms with Gasteiger partial charge in [-0.1, -0.05) is 42.4 Å². The third kappa shape index (κ3) is 4.83. The minimum Gasteiger partial charge on any atom is -0.359 e. The average Bonchev–Trinajstić information content (AvgIpc) is 3.11. The molecule has 5 rings (SSSR count). The molecule has 1 aliphatic rings. The van der Waals surface area contributed by atoms with Crippen LogP contribution in [0.3, 0.4) is 0 Å². The van der Waals surface area contributed by atoms with Gasteiger partial charge >= 0.3 is 0 Å². The molecule has 3 unspecified atom stereocenters. The van der Waals surface area contributed by atoms with E-state index in [0.717, 1.165) is 44.5 Å². The normalized spacial score (nSPS) is 21.1. The molecule has 4 aromatic rings. The Morgan fingerprint density at radius 3 is 2.46 bits per heavy atom. The molecule has 0 aliphatic heterocycles. The van der Waals surface area contributed by atoms with Gasteiger partial charge in [0, 0.05) is 49.9 Å². The summed E-state index contributed by atoms with van der Waals surface area (Å²) in [7, 11) is 0. The van der Waals surface area contributed by atoms with Crippen molar-refractivity contribution in [3.05, 3.63) is 112 Å². The second-order valence-corrected chi connectivity index (χ2v) is 11.9. The maximum absolute atomic E-state index is 6.92. The zero-order chi connectivity index (χ0) is 24.9. The molecule has 1 aromatic heterocycles. The van der Waals surface area contributed by atoms with Gasteiger partial charge in [-0.3, -0.25) is 0 Å². The van der Waals surface area contributed by atoms with Crippen molar-refractivity contribution in [2.45, 2.75) is 24.6 Å². The lowest BCUT2D eigenvalue weighted by Gasteiger charge is -2.15. The van der Waals surface area contributed by atoms with Crippen LogP contribution in [-0.4, -0.2) is 4.87 Å². The Hall–Kier alpha value is -2.43. The summed E-state index contributed by atoms with van der Waals surface area (Å²) in [6.07, 6.45) is 0. The van der Waals surface area contributed by atoms with Crippen molar-refractivity contribution in [3.63, 3.8) is 0 Å². The molecule has 0 radical (unpaired) electrons. The summed E-state index contributed by atoms with van der Waals surface area (Å²) in [5.74, 6) is 0.205. The first-order chi connectivity index (χ1) is 16.6. The lowest BCUT2D eigenvalue weighted by molar-refractivity contribution is 0.899. The number of anilines is 2. The van der Waals surface area contributed by atoms with Gasteiger partial charge in [-0.15, -0.1) is 22.9 Å². The number of hydrogen-bond donors (Lipinski definition) is 2. The molecule has 0 spiro atoms. The summed E-state index contributed by atoms with van der Waals surface area (Å²) in [4.78, 5) is -0.429. The summed E-state index contributed by atoms with van der Waals surface area (Å²) in [6.45, 7) is 12.6. The van der Waals surface area contributed by atoms with Gasteiger partial charge < -0.3 is 10.6 Å². The van der Waals surface area contributed by atoms with Gasteiger partial charge in [0.2, 0.25) is 0 Å².